The van der Waals surface area contributed by atoms with E-state index in [4.69, 9.17) is 4.42 Å². The molecule has 3 nitrogen and oxygen atoms in total. The Hall–Kier alpha value is -6.32. The van der Waals surface area contributed by atoms with Crippen molar-refractivity contribution in [3.05, 3.63) is 181 Å². The van der Waals surface area contributed by atoms with Gasteiger partial charge in [0.05, 0.1) is 0 Å². The average Bonchev–Trinajstić information content (AvgIpc) is 3.54. The molecule has 0 atom stereocenters. The second-order valence-corrected chi connectivity index (χ2v) is 12.3. The Morgan fingerprint density at radius 3 is 1.44 bits per heavy atom. The number of benzene rings is 8. The molecule has 0 aliphatic rings. The first-order chi connectivity index (χ1) is 23.7. The maximum atomic E-state index is 6.57. The zero-order chi connectivity index (χ0) is 32.0. The Labute approximate surface area is 279 Å². The van der Waals surface area contributed by atoms with Crippen LogP contribution in [0.5, 0.6) is 0 Å². The quantitative estimate of drug-likeness (QED) is 0.173. The molecule has 1 aromatic heterocycles. The molecule has 8 aromatic carbocycles. The molecule has 48 heavy (non-hydrogen) atoms. The lowest BCUT2D eigenvalue weighted by Crippen LogP contribution is -2.13. The van der Waals surface area contributed by atoms with Crippen LogP contribution < -0.4 is 9.80 Å². The zero-order valence-electron chi connectivity index (χ0n) is 26.5. The van der Waals surface area contributed by atoms with Gasteiger partial charge in [-0.2, -0.15) is 0 Å². The van der Waals surface area contributed by atoms with Crippen LogP contribution in [0.25, 0.3) is 43.5 Å². The van der Waals surface area contributed by atoms with Gasteiger partial charge in [-0.15, -0.1) is 0 Å². The highest BCUT2D eigenvalue weighted by Gasteiger charge is 2.21. The van der Waals surface area contributed by atoms with Crippen molar-refractivity contribution in [3.8, 4) is 0 Å². The van der Waals surface area contributed by atoms with Gasteiger partial charge in [0.25, 0.3) is 0 Å². The number of aryl methyl sites for hydroxylation is 1. The standard InChI is InChI=1S/C45H32N2O/c1-31-27-36(46(32-15-5-2-6-16-32)33-17-7-3-8-18-33)29-37(28-31)47(34-19-9-4-10-20-34)35-25-26-39-38-21-11-12-22-40(38)45-44(42(39)30-35)41-23-13-14-24-43(41)48-45/h2-30H,1H3. The van der Waals surface area contributed by atoms with Gasteiger partial charge < -0.3 is 14.2 Å². The van der Waals surface area contributed by atoms with Crippen LogP contribution in [0.15, 0.2) is 180 Å². The zero-order valence-corrected chi connectivity index (χ0v) is 26.5. The highest BCUT2D eigenvalue weighted by atomic mass is 16.3. The minimum atomic E-state index is 0.903. The number of furan rings is 1. The number of hydrogen-bond acceptors (Lipinski definition) is 3. The second-order valence-electron chi connectivity index (χ2n) is 12.3. The van der Waals surface area contributed by atoms with Gasteiger partial charge in [0.1, 0.15) is 11.2 Å². The third-order valence-electron chi connectivity index (χ3n) is 9.19. The first-order valence-corrected chi connectivity index (χ1v) is 16.4. The van der Waals surface area contributed by atoms with Crippen LogP contribution >= 0.6 is 0 Å². The normalized spacial score (nSPS) is 11.4. The Morgan fingerprint density at radius 1 is 0.354 bits per heavy atom. The fourth-order valence-electron chi connectivity index (χ4n) is 7.16. The second kappa shape index (κ2) is 11.5. The molecule has 0 aliphatic heterocycles. The van der Waals surface area contributed by atoms with Gasteiger partial charge in [-0.05, 0) is 101 Å². The summed E-state index contributed by atoms with van der Waals surface area (Å²) < 4.78 is 6.57. The number of rotatable bonds is 6. The largest absolute Gasteiger partial charge is 0.455 e. The van der Waals surface area contributed by atoms with Crippen LogP contribution in [0.3, 0.4) is 0 Å². The minimum Gasteiger partial charge on any atom is -0.455 e. The van der Waals surface area contributed by atoms with Crippen molar-refractivity contribution in [1.82, 2.24) is 0 Å². The number of fused-ring (bicyclic) bond motifs is 8. The molecular formula is C45H32N2O. The fraction of sp³-hybridized carbons (Fsp3) is 0.0222. The third kappa shape index (κ3) is 4.68. The molecule has 0 amide bonds. The summed E-state index contributed by atoms with van der Waals surface area (Å²) in [7, 11) is 0. The van der Waals surface area contributed by atoms with Crippen molar-refractivity contribution in [1.29, 1.82) is 0 Å². The molecule has 0 saturated heterocycles. The van der Waals surface area contributed by atoms with Gasteiger partial charge in [0, 0.05) is 50.3 Å². The van der Waals surface area contributed by atoms with Crippen LogP contribution in [0.2, 0.25) is 0 Å². The topological polar surface area (TPSA) is 19.6 Å². The van der Waals surface area contributed by atoms with Gasteiger partial charge in [0.15, 0.2) is 0 Å². The summed E-state index contributed by atoms with van der Waals surface area (Å²) >= 11 is 0. The highest BCUT2D eigenvalue weighted by Crippen LogP contribution is 2.45. The average molecular weight is 617 g/mol. The molecule has 0 aliphatic carbocycles. The molecule has 3 heteroatoms. The van der Waals surface area contributed by atoms with E-state index in [0.717, 1.165) is 61.4 Å². The SMILES string of the molecule is Cc1cc(N(c2ccccc2)c2ccccc2)cc(N(c2ccccc2)c2ccc3c4ccccc4c4oc5ccccc5c4c3c2)c1. The molecule has 228 valence electrons. The maximum absolute atomic E-state index is 6.57. The summed E-state index contributed by atoms with van der Waals surface area (Å²) in [6.45, 7) is 2.18. The molecule has 0 N–H and O–H groups in total. The molecule has 0 saturated carbocycles. The van der Waals surface area contributed by atoms with Gasteiger partial charge >= 0.3 is 0 Å². The molecular weight excluding hydrogens is 585 g/mol. The Morgan fingerprint density at radius 2 is 0.833 bits per heavy atom. The van der Waals surface area contributed by atoms with Crippen molar-refractivity contribution in [3.63, 3.8) is 0 Å². The van der Waals surface area contributed by atoms with Crippen LogP contribution in [-0.2, 0) is 0 Å². The summed E-state index contributed by atoms with van der Waals surface area (Å²) in [5.41, 5.74) is 9.58. The van der Waals surface area contributed by atoms with E-state index in [-0.39, 0.29) is 0 Å². The Kier molecular flexibility index (Phi) is 6.69. The van der Waals surface area contributed by atoms with Crippen molar-refractivity contribution in [2.45, 2.75) is 6.92 Å². The lowest BCUT2D eigenvalue weighted by molar-refractivity contribution is 0.673. The van der Waals surface area contributed by atoms with Gasteiger partial charge in [0.2, 0.25) is 0 Å². The van der Waals surface area contributed by atoms with Crippen molar-refractivity contribution in [2.75, 3.05) is 9.80 Å². The van der Waals surface area contributed by atoms with E-state index in [9.17, 15) is 0 Å². The molecule has 0 spiro atoms. The van der Waals surface area contributed by atoms with Gasteiger partial charge in [-0.1, -0.05) is 103 Å². The van der Waals surface area contributed by atoms with Crippen molar-refractivity contribution in [2.24, 2.45) is 0 Å². The summed E-state index contributed by atoms with van der Waals surface area (Å²) in [5, 5.41) is 7.00. The van der Waals surface area contributed by atoms with E-state index in [0.29, 0.717) is 0 Å². The van der Waals surface area contributed by atoms with Gasteiger partial charge in [-0.3, -0.25) is 0 Å². The van der Waals surface area contributed by atoms with E-state index in [1.54, 1.807) is 0 Å². The van der Waals surface area contributed by atoms with E-state index in [2.05, 4.69) is 187 Å². The van der Waals surface area contributed by atoms with Crippen LogP contribution in [0, 0.1) is 6.92 Å². The number of nitrogens with zero attached hydrogens (tertiary/aromatic N) is 2. The summed E-state index contributed by atoms with van der Waals surface area (Å²) in [6, 6.07) is 62.5. The summed E-state index contributed by atoms with van der Waals surface area (Å²) in [4.78, 5) is 4.70. The van der Waals surface area contributed by atoms with Crippen LogP contribution in [0.4, 0.5) is 34.1 Å². The lowest BCUT2D eigenvalue weighted by Gasteiger charge is -2.30. The van der Waals surface area contributed by atoms with E-state index in [1.165, 1.54) is 21.7 Å². The molecule has 9 rings (SSSR count). The maximum Gasteiger partial charge on any atom is 0.143 e. The van der Waals surface area contributed by atoms with Crippen molar-refractivity contribution >= 4 is 77.6 Å². The molecule has 0 radical (unpaired) electrons. The Balaban J connectivity index is 1.30. The number of para-hydroxylation sites is 4. The third-order valence-corrected chi connectivity index (χ3v) is 9.19. The summed E-state index contributed by atoms with van der Waals surface area (Å²) in [6.07, 6.45) is 0. The van der Waals surface area contributed by atoms with Crippen molar-refractivity contribution < 1.29 is 4.42 Å². The first-order valence-electron chi connectivity index (χ1n) is 16.4. The van der Waals surface area contributed by atoms with E-state index < -0.39 is 0 Å². The monoisotopic (exact) mass is 616 g/mol. The van der Waals surface area contributed by atoms with E-state index in [1.807, 2.05) is 6.07 Å². The molecule has 1 heterocycles. The Bertz CT molecular complexity index is 2530. The van der Waals surface area contributed by atoms with Crippen LogP contribution in [-0.4, -0.2) is 0 Å². The smallest absolute Gasteiger partial charge is 0.143 e. The predicted octanol–water partition coefficient (Wildman–Crippen LogP) is 13.1. The summed E-state index contributed by atoms with van der Waals surface area (Å²) in [5.74, 6) is 0. The first kappa shape index (κ1) is 27.9. The molecule has 0 unspecified atom stereocenters. The van der Waals surface area contributed by atoms with Gasteiger partial charge in [-0.25, -0.2) is 0 Å². The van der Waals surface area contributed by atoms with Crippen LogP contribution in [0.1, 0.15) is 5.56 Å². The highest BCUT2D eigenvalue weighted by molar-refractivity contribution is 6.30. The lowest BCUT2D eigenvalue weighted by atomic mass is 9.96. The molecule has 9 aromatic rings. The number of hydrogen-bond donors (Lipinski definition) is 0. The fourth-order valence-corrected chi connectivity index (χ4v) is 7.16. The number of anilines is 6. The van der Waals surface area contributed by atoms with E-state index >= 15 is 0 Å². The minimum absolute atomic E-state index is 0.903. The predicted molar refractivity (Wildman–Crippen MR) is 203 cm³/mol. The molecule has 0 fully saturated rings. The molecule has 0 bridgehead atoms.